The number of hydrogen-bond donors (Lipinski definition) is 3. The zero-order valence-electron chi connectivity index (χ0n) is 31.3. The number of ether oxygens (including phenoxy) is 2. The number of rotatable bonds is 6. The molecule has 3 aromatic carbocycles. The average molecular weight is 733 g/mol. The van der Waals surface area contributed by atoms with E-state index in [2.05, 4.69) is 69.9 Å². The Balaban J connectivity index is 1.04. The Hall–Kier alpha value is -4.90. The molecule has 276 valence electrons. The fraction of sp³-hybridized carbons (Fsp3) is 0.429. The van der Waals surface area contributed by atoms with Crippen LogP contribution < -0.4 is 5.32 Å². The fourth-order valence-corrected chi connectivity index (χ4v) is 9.04. The van der Waals surface area contributed by atoms with Crippen LogP contribution in [0.3, 0.4) is 0 Å². The first-order valence-electron chi connectivity index (χ1n) is 18.8. The maximum atomic E-state index is 12.9. The van der Waals surface area contributed by atoms with Gasteiger partial charge in [-0.15, -0.1) is 11.3 Å². The maximum absolute atomic E-state index is 12.9. The monoisotopic (exact) mass is 732 g/mol. The third-order valence-corrected chi connectivity index (χ3v) is 11.4. The Morgan fingerprint density at radius 3 is 2.21 bits per heavy atom. The van der Waals surface area contributed by atoms with Crippen molar-refractivity contribution in [3.05, 3.63) is 72.4 Å². The van der Waals surface area contributed by atoms with Crippen LogP contribution in [0.25, 0.3) is 53.6 Å². The van der Waals surface area contributed by atoms with E-state index in [0.29, 0.717) is 12.5 Å². The minimum Gasteiger partial charge on any atom is -0.444 e. The lowest BCUT2D eigenvalue weighted by molar-refractivity contribution is 0.0218. The largest absolute Gasteiger partial charge is 0.444 e. The SMILES string of the molecule is CC(C)(C)OC(=O)N[C@H](c1nc2ccc(-c3ccc4c(c3)sc3cc(-c5cnc([C@@H]6CCCN6C(=O)OC(C)(C)C)[nH]5)ccc34)cc2[nH]1)C1CCCC1. The molecular formula is C42H48N6O4S. The van der Waals surface area contributed by atoms with Crippen LogP contribution in [0, 0.1) is 5.92 Å². The number of nitrogens with zero attached hydrogens (tertiary/aromatic N) is 3. The third-order valence-electron chi connectivity index (χ3n) is 10.2. The molecule has 1 saturated carbocycles. The highest BCUT2D eigenvalue weighted by molar-refractivity contribution is 7.25. The standard InChI is InChI=1S/C42H48N6O4S/c1-41(2,3)51-39(49)47-36(24-10-7-8-11-24)38-44-30-18-15-25(20-31(30)45-38)26-13-16-28-29-17-14-27(22-35(29)53-34(28)21-26)32-23-43-37(46-32)33-12-9-19-48(33)40(50)52-42(4,5)6/h13-18,20-24,33,36H,7-12,19H2,1-6H3,(H,43,46)(H,44,45)(H,47,49)/t33-,36-/m0/s1. The van der Waals surface area contributed by atoms with Gasteiger partial charge < -0.3 is 24.8 Å². The second-order valence-electron chi connectivity index (χ2n) is 16.6. The van der Waals surface area contributed by atoms with Crippen LogP contribution in [0.2, 0.25) is 0 Å². The summed E-state index contributed by atoms with van der Waals surface area (Å²) < 4.78 is 13.7. The van der Waals surface area contributed by atoms with Gasteiger partial charge >= 0.3 is 12.2 Å². The van der Waals surface area contributed by atoms with Crippen molar-refractivity contribution in [1.82, 2.24) is 30.2 Å². The van der Waals surface area contributed by atoms with Crippen molar-refractivity contribution in [3.63, 3.8) is 0 Å². The van der Waals surface area contributed by atoms with E-state index in [1.54, 1.807) is 16.2 Å². The molecule has 0 unspecified atom stereocenters. The molecule has 2 amide bonds. The Kier molecular flexibility index (Phi) is 8.95. The van der Waals surface area contributed by atoms with E-state index in [9.17, 15) is 9.59 Å². The van der Waals surface area contributed by atoms with E-state index in [1.165, 1.54) is 20.2 Å². The summed E-state index contributed by atoms with van der Waals surface area (Å²) in [6.45, 7) is 12.0. The Bertz CT molecular complexity index is 2320. The smallest absolute Gasteiger partial charge is 0.410 e. The summed E-state index contributed by atoms with van der Waals surface area (Å²) in [4.78, 5) is 44.3. The van der Waals surface area contributed by atoms with E-state index >= 15 is 0 Å². The predicted molar refractivity (Wildman–Crippen MR) is 211 cm³/mol. The number of nitrogens with one attached hydrogen (secondary N) is 3. The lowest BCUT2D eigenvalue weighted by atomic mass is 9.97. The molecule has 10 nitrogen and oxygen atoms in total. The van der Waals surface area contributed by atoms with Crippen LogP contribution in [0.4, 0.5) is 9.59 Å². The van der Waals surface area contributed by atoms with Gasteiger partial charge in [-0.25, -0.2) is 19.6 Å². The lowest BCUT2D eigenvalue weighted by Crippen LogP contribution is -2.37. The molecule has 0 spiro atoms. The molecule has 1 saturated heterocycles. The maximum Gasteiger partial charge on any atom is 0.410 e. The summed E-state index contributed by atoms with van der Waals surface area (Å²) in [6.07, 6.45) is 7.35. The number of carbonyl (C=O) groups is 2. The van der Waals surface area contributed by atoms with Crippen LogP contribution in [0.1, 0.15) is 104 Å². The molecule has 2 atom stereocenters. The van der Waals surface area contributed by atoms with Gasteiger partial charge in [-0.2, -0.15) is 0 Å². The molecule has 0 radical (unpaired) electrons. The van der Waals surface area contributed by atoms with Gasteiger partial charge in [-0.05, 0) is 109 Å². The third kappa shape index (κ3) is 7.36. The molecule has 3 N–H and O–H groups in total. The number of likely N-dealkylation sites (tertiary alicyclic amines) is 1. The summed E-state index contributed by atoms with van der Waals surface area (Å²) in [5.74, 6) is 1.88. The highest BCUT2D eigenvalue weighted by Gasteiger charge is 2.35. The van der Waals surface area contributed by atoms with Crippen molar-refractivity contribution in [2.24, 2.45) is 5.92 Å². The number of aromatic amines is 2. The average Bonchev–Trinajstić information content (AvgIpc) is 3.94. The summed E-state index contributed by atoms with van der Waals surface area (Å²) in [6, 6.07) is 19.2. The van der Waals surface area contributed by atoms with Gasteiger partial charge in [0, 0.05) is 32.3 Å². The van der Waals surface area contributed by atoms with Crippen molar-refractivity contribution < 1.29 is 19.1 Å². The molecule has 2 aliphatic rings. The molecule has 6 aromatic rings. The number of hydrogen-bond acceptors (Lipinski definition) is 7. The van der Waals surface area contributed by atoms with E-state index in [1.807, 2.05) is 47.7 Å². The molecule has 8 rings (SSSR count). The van der Waals surface area contributed by atoms with Crippen molar-refractivity contribution >= 4 is 54.7 Å². The Morgan fingerprint density at radius 1 is 0.830 bits per heavy atom. The van der Waals surface area contributed by atoms with Crippen LogP contribution in [-0.4, -0.2) is 54.8 Å². The zero-order chi connectivity index (χ0) is 37.1. The fourth-order valence-electron chi connectivity index (χ4n) is 7.86. The highest BCUT2D eigenvalue weighted by Crippen LogP contribution is 2.40. The van der Waals surface area contributed by atoms with E-state index in [0.717, 1.165) is 83.6 Å². The van der Waals surface area contributed by atoms with Crippen LogP contribution in [-0.2, 0) is 9.47 Å². The number of amides is 2. The van der Waals surface area contributed by atoms with Crippen molar-refractivity contribution in [1.29, 1.82) is 0 Å². The zero-order valence-corrected chi connectivity index (χ0v) is 32.2. The van der Waals surface area contributed by atoms with E-state index < -0.39 is 17.3 Å². The summed E-state index contributed by atoms with van der Waals surface area (Å²) in [7, 11) is 0. The number of fused-ring (bicyclic) bond motifs is 4. The van der Waals surface area contributed by atoms with Crippen LogP contribution in [0.5, 0.6) is 0 Å². The van der Waals surface area contributed by atoms with E-state index in [4.69, 9.17) is 19.4 Å². The first kappa shape index (κ1) is 35.1. The summed E-state index contributed by atoms with van der Waals surface area (Å²) in [5.41, 5.74) is 4.92. The molecular weight excluding hydrogens is 685 g/mol. The van der Waals surface area contributed by atoms with Gasteiger partial charge in [0.25, 0.3) is 0 Å². The number of imidazole rings is 2. The predicted octanol–water partition coefficient (Wildman–Crippen LogP) is 10.8. The van der Waals surface area contributed by atoms with Crippen molar-refractivity contribution in [2.75, 3.05) is 6.54 Å². The molecule has 4 heterocycles. The minimum atomic E-state index is -0.571. The Labute approximate surface area is 313 Å². The highest BCUT2D eigenvalue weighted by atomic mass is 32.1. The van der Waals surface area contributed by atoms with Gasteiger partial charge in [0.2, 0.25) is 0 Å². The van der Waals surface area contributed by atoms with Gasteiger partial charge in [0.15, 0.2) is 0 Å². The van der Waals surface area contributed by atoms with Crippen LogP contribution >= 0.6 is 11.3 Å². The second kappa shape index (κ2) is 13.5. The van der Waals surface area contributed by atoms with Gasteiger partial charge in [0.1, 0.15) is 22.9 Å². The summed E-state index contributed by atoms with van der Waals surface area (Å²) in [5, 5.41) is 5.58. The van der Waals surface area contributed by atoms with Gasteiger partial charge in [0.05, 0.1) is 35.0 Å². The lowest BCUT2D eigenvalue weighted by Gasteiger charge is -2.27. The normalized spacial score (nSPS) is 17.6. The molecule has 53 heavy (non-hydrogen) atoms. The molecule has 3 aromatic heterocycles. The first-order chi connectivity index (χ1) is 25.3. The second-order valence-corrected chi connectivity index (χ2v) is 17.6. The van der Waals surface area contributed by atoms with Crippen LogP contribution in [0.15, 0.2) is 60.8 Å². The first-order valence-corrected chi connectivity index (χ1v) is 19.6. The quantitative estimate of drug-likeness (QED) is 0.157. The van der Waals surface area contributed by atoms with Gasteiger partial charge in [-0.3, -0.25) is 4.90 Å². The number of alkyl carbamates (subject to hydrolysis) is 1. The molecule has 0 bridgehead atoms. The topological polar surface area (TPSA) is 125 Å². The van der Waals surface area contributed by atoms with Crippen molar-refractivity contribution in [3.8, 4) is 22.4 Å². The minimum absolute atomic E-state index is 0.125. The summed E-state index contributed by atoms with van der Waals surface area (Å²) >= 11 is 1.78. The molecule has 1 aliphatic carbocycles. The molecule has 2 fully saturated rings. The molecule has 1 aliphatic heterocycles. The van der Waals surface area contributed by atoms with Gasteiger partial charge in [-0.1, -0.05) is 43.2 Å². The number of carbonyl (C=O) groups excluding carboxylic acids is 2. The van der Waals surface area contributed by atoms with E-state index in [-0.39, 0.29) is 18.2 Å². The number of aromatic nitrogens is 4. The molecule has 11 heteroatoms. The number of H-pyrrole nitrogens is 2. The van der Waals surface area contributed by atoms with Crippen molar-refractivity contribution in [2.45, 2.75) is 103 Å². The Morgan fingerprint density at radius 2 is 1.49 bits per heavy atom. The number of benzene rings is 3. The number of thiophene rings is 1.